The molecule has 0 bridgehead atoms. The lowest BCUT2D eigenvalue weighted by molar-refractivity contribution is -0.139. The first kappa shape index (κ1) is 25.5. The van der Waals surface area contributed by atoms with Gasteiger partial charge in [0.15, 0.2) is 0 Å². The molecular formula is C23H27Cl2FN2O2S. The minimum atomic E-state index is -0.730. The van der Waals surface area contributed by atoms with Crippen molar-refractivity contribution in [1.82, 2.24) is 10.2 Å². The summed E-state index contributed by atoms with van der Waals surface area (Å²) in [4.78, 5) is 27.1. The number of rotatable bonds is 10. The van der Waals surface area contributed by atoms with Gasteiger partial charge in [-0.3, -0.25) is 9.59 Å². The maximum Gasteiger partial charge on any atom is 0.242 e. The van der Waals surface area contributed by atoms with E-state index < -0.39 is 11.9 Å². The molecule has 0 heterocycles. The van der Waals surface area contributed by atoms with Crippen LogP contribution in [-0.4, -0.2) is 34.6 Å². The van der Waals surface area contributed by atoms with Crippen molar-refractivity contribution in [2.45, 2.75) is 51.6 Å². The molecule has 31 heavy (non-hydrogen) atoms. The molecule has 2 aromatic rings. The third-order valence-electron chi connectivity index (χ3n) is 4.95. The van der Waals surface area contributed by atoms with Crippen molar-refractivity contribution in [3.05, 3.63) is 69.5 Å². The zero-order valence-electron chi connectivity index (χ0n) is 17.8. The predicted octanol–water partition coefficient (Wildman–Crippen LogP) is 5.70. The zero-order valence-corrected chi connectivity index (χ0v) is 20.2. The van der Waals surface area contributed by atoms with Crippen LogP contribution in [0.2, 0.25) is 10.0 Å². The van der Waals surface area contributed by atoms with Crippen LogP contribution < -0.4 is 5.32 Å². The summed E-state index contributed by atoms with van der Waals surface area (Å²) in [6, 6.07) is 10.9. The zero-order chi connectivity index (χ0) is 23.0. The fourth-order valence-corrected chi connectivity index (χ4v) is 4.01. The minimum Gasteiger partial charge on any atom is -0.352 e. The lowest BCUT2D eigenvalue weighted by atomic mass is 10.1. The highest BCUT2D eigenvalue weighted by atomic mass is 35.5. The second-order valence-corrected chi connectivity index (χ2v) is 9.15. The van der Waals surface area contributed by atoms with E-state index in [2.05, 4.69) is 5.32 Å². The van der Waals surface area contributed by atoms with Gasteiger partial charge < -0.3 is 10.2 Å². The number of carbonyl (C=O) groups is 2. The number of nitrogens with one attached hydrogen (secondary N) is 1. The summed E-state index contributed by atoms with van der Waals surface area (Å²) >= 11 is 13.4. The Morgan fingerprint density at radius 2 is 1.84 bits per heavy atom. The van der Waals surface area contributed by atoms with Gasteiger partial charge in [0, 0.05) is 23.9 Å². The van der Waals surface area contributed by atoms with E-state index in [4.69, 9.17) is 23.2 Å². The summed E-state index contributed by atoms with van der Waals surface area (Å²) in [5.41, 5.74) is 1.31. The molecule has 2 rings (SSSR count). The molecule has 0 radical (unpaired) electrons. The lowest BCUT2D eigenvalue weighted by Gasteiger charge is -2.29. The molecule has 8 heteroatoms. The highest BCUT2D eigenvalue weighted by molar-refractivity contribution is 7.99. The molecule has 2 amide bonds. The summed E-state index contributed by atoms with van der Waals surface area (Å²) in [6.45, 7) is 5.56. The van der Waals surface area contributed by atoms with Gasteiger partial charge in [0.05, 0.1) is 15.8 Å². The van der Waals surface area contributed by atoms with E-state index >= 15 is 0 Å². The lowest BCUT2D eigenvalue weighted by Crippen LogP contribution is -2.50. The van der Waals surface area contributed by atoms with Crippen molar-refractivity contribution in [2.24, 2.45) is 0 Å². The molecule has 0 aromatic heterocycles. The third-order valence-corrected chi connectivity index (χ3v) is 6.67. The van der Waals surface area contributed by atoms with Crippen molar-refractivity contribution >= 4 is 46.8 Å². The molecule has 0 saturated carbocycles. The SMILES string of the molecule is CC[C@@H](C)NC(=O)[C@@H](C)N(Cc1ccccc1F)C(=O)CSCc1ccc(Cl)c(Cl)c1. The molecule has 1 N–H and O–H groups in total. The number of hydrogen-bond donors (Lipinski definition) is 1. The third kappa shape index (κ3) is 7.70. The molecular weight excluding hydrogens is 458 g/mol. The van der Waals surface area contributed by atoms with Crippen molar-refractivity contribution in [1.29, 1.82) is 0 Å². The second-order valence-electron chi connectivity index (χ2n) is 7.35. The van der Waals surface area contributed by atoms with Crippen LogP contribution in [0.15, 0.2) is 42.5 Å². The number of amides is 2. The highest BCUT2D eigenvalue weighted by Crippen LogP contribution is 2.25. The molecule has 0 fully saturated rings. The predicted molar refractivity (Wildman–Crippen MR) is 127 cm³/mol. The standard InChI is InChI=1S/C23H27Cl2FN2O2S/c1-4-15(2)27-23(30)16(3)28(12-18-7-5-6-8-21(18)26)22(29)14-31-13-17-9-10-19(24)20(25)11-17/h5-11,15-16H,4,12-14H2,1-3H3,(H,27,30)/t15-,16-/m1/s1. The van der Waals surface area contributed by atoms with E-state index in [0.717, 1.165) is 12.0 Å². The number of halogens is 3. The van der Waals surface area contributed by atoms with Crippen LogP contribution in [-0.2, 0) is 21.9 Å². The number of benzene rings is 2. The fourth-order valence-electron chi connectivity index (χ4n) is 2.83. The fraction of sp³-hybridized carbons (Fsp3) is 0.391. The van der Waals surface area contributed by atoms with Crippen molar-refractivity contribution < 1.29 is 14.0 Å². The largest absolute Gasteiger partial charge is 0.352 e. The Balaban J connectivity index is 2.10. The molecule has 0 unspecified atom stereocenters. The topological polar surface area (TPSA) is 49.4 Å². The van der Waals surface area contributed by atoms with E-state index in [1.54, 1.807) is 37.3 Å². The Hall–Kier alpha value is -1.76. The smallest absolute Gasteiger partial charge is 0.242 e. The van der Waals surface area contributed by atoms with Gasteiger partial charge in [-0.2, -0.15) is 0 Å². The van der Waals surface area contributed by atoms with Gasteiger partial charge in [-0.15, -0.1) is 11.8 Å². The summed E-state index contributed by atoms with van der Waals surface area (Å²) in [7, 11) is 0. The average molecular weight is 485 g/mol. The Kier molecular flexibility index (Phi) is 10.1. The van der Waals surface area contributed by atoms with Crippen LogP contribution in [0.3, 0.4) is 0 Å². The van der Waals surface area contributed by atoms with Crippen LogP contribution >= 0.6 is 35.0 Å². The first-order chi connectivity index (χ1) is 14.7. The van der Waals surface area contributed by atoms with Gasteiger partial charge in [-0.25, -0.2) is 4.39 Å². The van der Waals surface area contributed by atoms with Crippen molar-refractivity contribution in [3.8, 4) is 0 Å². The van der Waals surface area contributed by atoms with E-state index in [-0.39, 0.29) is 30.2 Å². The molecule has 0 spiro atoms. The average Bonchev–Trinajstić information content (AvgIpc) is 2.74. The van der Waals surface area contributed by atoms with E-state index in [1.165, 1.54) is 22.7 Å². The van der Waals surface area contributed by atoms with E-state index in [1.807, 2.05) is 19.9 Å². The number of thioether (sulfide) groups is 1. The highest BCUT2D eigenvalue weighted by Gasteiger charge is 2.27. The minimum absolute atomic E-state index is 0.00982. The molecule has 168 valence electrons. The maximum atomic E-state index is 14.2. The van der Waals surface area contributed by atoms with Crippen LogP contribution in [0.25, 0.3) is 0 Å². The van der Waals surface area contributed by atoms with Gasteiger partial charge in [0.1, 0.15) is 11.9 Å². The van der Waals surface area contributed by atoms with E-state index in [9.17, 15) is 14.0 Å². The quantitative estimate of drug-likeness (QED) is 0.470. The molecule has 2 atom stereocenters. The molecule has 0 aliphatic carbocycles. The molecule has 0 aliphatic rings. The Morgan fingerprint density at radius 1 is 1.13 bits per heavy atom. The molecule has 4 nitrogen and oxygen atoms in total. The normalized spacial score (nSPS) is 12.8. The summed E-state index contributed by atoms with van der Waals surface area (Å²) < 4.78 is 14.2. The van der Waals surface area contributed by atoms with Gasteiger partial charge >= 0.3 is 0 Å². The van der Waals surface area contributed by atoms with Gasteiger partial charge in [0.25, 0.3) is 0 Å². The summed E-state index contributed by atoms with van der Waals surface area (Å²) in [6.07, 6.45) is 0.777. The van der Waals surface area contributed by atoms with Crippen LogP contribution in [0.4, 0.5) is 4.39 Å². The maximum absolute atomic E-state index is 14.2. The van der Waals surface area contributed by atoms with Gasteiger partial charge in [-0.1, -0.05) is 54.4 Å². The first-order valence-electron chi connectivity index (χ1n) is 10.1. The first-order valence-corrected chi connectivity index (χ1v) is 12.0. The van der Waals surface area contributed by atoms with Crippen LogP contribution in [0.1, 0.15) is 38.3 Å². The molecule has 0 saturated heterocycles. The van der Waals surface area contributed by atoms with Gasteiger partial charge in [-0.05, 0) is 44.0 Å². The molecule has 0 aliphatic heterocycles. The summed E-state index contributed by atoms with van der Waals surface area (Å²) in [5.74, 6) is -0.189. The number of hydrogen-bond acceptors (Lipinski definition) is 3. The summed E-state index contributed by atoms with van der Waals surface area (Å²) in [5, 5.41) is 3.83. The van der Waals surface area contributed by atoms with Crippen molar-refractivity contribution in [3.63, 3.8) is 0 Å². The Bertz CT molecular complexity index is 913. The van der Waals surface area contributed by atoms with Crippen LogP contribution in [0.5, 0.6) is 0 Å². The van der Waals surface area contributed by atoms with Crippen LogP contribution in [0, 0.1) is 5.82 Å². The Labute approximate surface area is 197 Å². The Morgan fingerprint density at radius 3 is 2.48 bits per heavy atom. The van der Waals surface area contributed by atoms with E-state index in [0.29, 0.717) is 21.4 Å². The monoisotopic (exact) mass is 484 g/mol. The molecule has 2 aromatic carbocycles. The van der Waals surface area contributed by atoms with Gasteiger partial charge in [0.2, 0.25) is 11.8 Å². The van der Waals surface area contributed by atoms with Crippen molar-refractivity contribution in [2.75, 3.05) is 5.75 Å². The number of carbonyl (C=O) groups excluding carboxylic acids is 2. The second kappa shape index (κ2) is 12.3. The number of nitrogens with zero attached hydrogens (tertiary/aromatic N) is 1.